The Morgan fingerprint density at radius 2 is 2.08 bits per heavy atom. The second-order valence-corrected chi connectivity index (χ2v) is 7.43. The van der Waals surface area contributed by atoms with Gasteiger partial charge in [0.05, 0.1) is 13.2 Å². The summed E-state index contributed by atoms with van der Waals surface area (Å²) in [5, 5.41) is 7.48. The molecule has 2 aliphatic heterocycles. The molecule has 0 spiro atoms. The second kappa shape index (κ2) is 7.78. The van der Waals surface area contributed by atoms with Gasteiger partial charge in [-0.2, -0.15) is 0 Å². The van der Waals surface area contributed by atoms with Crippen LogP contribution in [-0.4, -0.2) is 61.3 Å². The van der Waals surface area contributed by atoms with Crippen molar-refractivity contribution in [2.24, 2.45) is 11.8 Å². The van der Waals surface area contributed by atoms with Gasteiger partial charge in [0, 0.05) is 54.9 Å². The van der Waals surface area contributed by atoms with E-state index in [1.807, 2.05) is 13.0 Å². The summed E-state index contributed by atoms with van der Waals surface area (Å²) in [5.41, 5.74) is 2.10. The summed E-state index contributed by atoms with van der Waals surface area (Å²) >= 11 is 0. The number of rotatable bonds is 6. The average molecular weight is 356 g/mol. The summed E-state index contributed by atoms with van der Waals surface area (Å²) in [7, 11) is 0. The van der Waals surface area contributed by atoms with E-state index in [4.69, 9.17) is 4.74 Å². The molecule has 140 valence electrons. The zero-order chi connectivity index (χ0) is 17.9. The molecule has 3 heterocycles. The molecule has 2 N–H and O–H groups in total. The third-order valence-electron chi connectivity index (χ3n) is 5.73. The molecule has 2 aromatic rings. The summed E-state index contributed by atoms with van der Waals surface area (Å²) in [6.07, 6.45) is 2.14. The van der Waals surface area contributed by atoms with Gasteiger partial charge in [0.1, 0.15) is 0 Å². The lowest BCUT2D eigenvalue weighted by Crippen LogP contribution is -2.48. The largest absolute Gasteiger partial charge is 0.379 e. The number of nitrogens with one attached hydrogen (secondary N) is 2. The Bertz CT molecular complexity index is 762. The molecular formula is C20H28N4O2. The fraction of sp³-hybridized carbons (Fsp3) is 0.550. The van der Waals surface area contributed by atoms with E-state index in [1.165, 1.54) is 10.9 Å². The van der Waals surface area contributed by atoms with Crippen molar-refractivity contribution >= 4 is 22.5 Å². The van der Waals surface area contributed by atoms with Gasteiger partial charge in [-0.1, -0.05) is 6.92 Å². The topological polar surface area (TPSA) is 58.5 Å². The van der Waals surface area contributed by atoms with Crippen molar-refractivity contribution in [3.8, 4) is 0 Å². The van der Waals surface area contributed by atoms with E-state index >= 15 is 0 Å². The predicted molar refractivity (Wildman–Crippen MR) is 103 cm³/mol. The van der Waals surface area contributed by atoms with Crippen LogP contribution in [-0.2, 0) is 16.1 Å². The molecule has 1 atom stereocenters. The minimum atomic E-state index is 0.0464. The lowest BCUT2D eigenvalue weighted by atomic mass is 9.88. The fourth-order valence-corrected chi connectivity index (χ4v) is 3.68. The normalized spacial score (nSPS) is 20.0. The van der Waals surface area contributed by atoms with Crippen LogP contribution in [0.25, 0.3) is 10.9 Å². The number of carbonyl (C=O) groups excluding carboxylic acids is 1. The highest BCUT2D eigenvalue weighted by Crippen LogP contribution is 2.23. The van der Waals surface area contributed by atoms with Crippen LogP contribution in [0.2, 0.25) is 0 Å². The molecule has 2 aliphatic rings. The maximum atomic E-state index is 12.4. The first kappa shape index (κ1) is 17.5. The number of ether oxygens (including phenoxy) is 1. The quantitative estimate of drug-likeness (QED) is 0.828. The third-order valence-corrected chi connectivity index (χ3v) is 5.73. The maximum absolute atomic E-state index is 12.4. The van der Waals surface area contributed by atoms with Gasteiger partial charge in [-0.25, -0.2) is 0 Å². The van der Waals surface area contributed by atoms with Crippen molar-refractivity contribution in [3.63, 3.8) is 0 Å². The molecule has 26 heavy (non-hydrogen) atoms. The Kier molecular flexibility index (Phi) is 5.24. The Hall–Kier alpha value is -1.89. The van der Waals surface area contributed by atoms with Crippen LogP contribution < -0.4 is 10.6 Å². The second-order valence-electron chi connectivity index (χ2n) is 7.43. The SMILES string of the molecule is CC(C(=O)Nc1ccc2c(ccn2CCN2CCOCC2)c1)C1CNC1. The summed E-state index contributed by atoms with van der Waals surface area (Å²) in [6.45, 7) is 9.63. The maximum Gasteiger partial charge on any atom is 0.227 e. The van der Waals surface area contributed by atoms with Crippen molar-refractivity contribution in [1.82, 2.24) is 14.8 Å². The van der Waals surface area contributed by atoms with Gasteiger partial charge in [-0.05, 0) is 43.3 Å². The molecule has 0 aliphatic carbocycles. The molecule has 1 aromatic carbocycles. The number of hydrogen-bond acceptors (Lipinski definition) is 4. The molecule has 2 saturated heterocycles. The van der Waals surface area contributed by atoms with Crippen LogP contribution in [0.3, 0.4) is 0 Å². The first-order chi connectivity index (χ1) is 12.7. The smallest absolute Gasteiger partial charge is 0.227 e. The van der Waals surface area contributed by atoms with Crippen molar-refractivity contribution < 1.29 is 9.53 Å². The summed E-state index contributed by atoms with van der Waals surface area (Å²) in [6, 6.07) is 8.32. The van der Waals surface area contributed by atoms with E-state index in [9.17, 15) is 4.79 Å². The Balaban J connectivity index is 1.39. The van der Waals surface area contributed by atoms with Gasteiger partial charge in [0.25, 0.3) is 0 Å². The van der Waals surface area contributed by atoms with Crippen molar-refractivity contribution in [2.75, 3.05) is 51.3 Å². The van der Waals surface area contributed by atoms with Gasteiger partial charge in [-0.3, -0.25) is 9.69 Å². The van der Waals surface area contributed by atoms with Gasteiger partial charge >= 0.3 is 0 Å². The lowest BCUT2D eigenvalue weighted by molar-refractivity contribution is -0.121. The zero-order valence-corrected chi connectivity index (χ0v) is 15.4. The number of amides is 1. The van der Waals surface area contributed by atoms with Crippen LogP contribution in [0.1, 0.15) is 6.92 Å². The highest BCUT2D eigenvalue weighted by Gasteiger charge is 2.28. The molecule has 1 aromatic heterocycles. The molecule has 6 nitrogen and oxygen atoms in total. The number of hydrogen-bond donors (Lipinski definition) is 2. The van der Waals surface area contributed by atoms with E-state index in [2.05, 4.69) is 44.5 Å². The number of carbonyl (C=O) groups is 1. The Morgan fingerprint density at radius 3 is 2.81 bits per heavy atom. The summed E-state index contributed by atoms with van der Waals surface area (Å²) < 4.78 is 7.70. The number of aromatic nitrogens is 1. The highest BCUT2D eigenvalue weighted by atomic mass is 16.5. The van der Waals surface area contributed by atoms with Gasteiger partial charge < -0.3 is 19.9 Å². The molecule has 1 unspecified atom stereocenters. The molecule has 4 rings (SSSR count). The van der Waals surface area contributed by atoms with E-state index in [-0.39, 0.29) is 11.8 Å². The Labute approximate surface area is 154 Å². The fourth-order valence-electron chi connectivity index (χ4n) is 3.68. The predicted octanol–water partition coefficient (Wildman–Crippen LogP) is 1.77. The van der Waals surface area contributed by atoms with Crippen LogP contribution in [0.5, 0.6) is 0 Å². The lowest BCUT2D eigenvalue weighted by Gasteiger charge is -2.31. The minimum Gasteiger partial charge on any atom is -0.379 e. The number of morpholine rings is 1. The third kappa shape index (κ3) is 3.77. The van der Waals surface area contributed by atoms with E-state index < -0.39 is 0 Å². The van der Waals surface area contributed by atoms with Crippen molar-refractivity contribution in [2.45, 2.75) is 13.5 Å². The van der Waals surface area contributed by atoms with E-state index in [1.54, 1.807) is 0 Å². The standard InChI is InChI=1S/C20H28N4O2/c1-15(17-13-21-14-17)20(25)22-18-2-3-19-16(12-18)4-5-24(19)7-6-23-8-10-26-11-9-23/h2-5,12,15,17,21H,6-11,13-14H2,1H3,(H,22,25). The molecule has 0 bridgehead atoms. The monoisotopic (exact) mass is 356 g/mol. The molecule has 0 saturated carbocycles. The first-order valence-electron chi connectivity index (χ1n) is 9.61. The van der Waals surface area contributed by atoms with Gasteiger partial charge in [-0.15, -0.1) is 0 Å². The zero-order valence-electron chi connectivity index (χ0n) is 15.4. The van der Waals surface area contributed by atoms with Crippen molar-refractivity contribution in [1.29, 1.82) is 0 Å². The Morgan fingerprint density at radius 1 is 1.27 bits per heavy atom. The van der Waals surface area contributed by atoms with E-state index in [0.29, 0.717) is 5.92 Å². The highest BCUT2D eigenvalue weighted by molar-refractivity contribution is 5.95. The minimum absolute atomic E-state index is 0.0464. The van der Waals surface area contributed by atoms with Crippen LogP contribution in [0.4, 0.5) is 5.69 Å². The molecule has 6 heteroatoms. The van der Waals surface area contributed by atoms with Crippen LogP contribution in [0.15, 0.2) is 30.5 Å². The van der Waals surface area contributed by atoms with Gasteiger partial charge in [0.15, 0.2) is 0 Å². The van der Waals surface area contributed by atoms with Crippen LogP contribution in [0, 0.1) is 11.8 Å². The first-order valence-corrected chi connectivity index (χ1v) is 9.61. The van der Waals surface area contributed by atoms with Gasteiger partial charge in [0.2, 0.25) is 5.91 Å². The van der Waals surface area contributed by atoms with E-state index in [0.717, 1.165) is 58.2 Å². The summed E-state index contributed by atoms with van der Waals surface area (Å²) in [4.78, 5) is 14.9. The van der Waals surface area contributed by atoms with Crippen molar-refractivity contribution in [3.05, 3.63) is 30.5 Å². The molecule has 1 amide bonds. The number of fused-ring (bicyclic) bond motifs is 1. The number of nitrogens with zero attached hydrogens (tertiary/aromatic N) is 2. The average Bonchev–Trinajstić information content (AvgIpc) is 3.01. The van der Waals surface area contributed by atoms with Crippen LogP contribution >= 0.6 is 0 Å². The molecule has 0 radical (unpaired) electrons. The molecular weight excluding hydrogens is 328 g/mol. The number of anilines is 1. The molecule has 2 fully saturated rings. The number of benzene rings is 1. The summed E-state index contributed by atoms with van der Waals surface area (Å²) in [5.74, 6) is 0.618.